The first-order valence-corrected chi connectivity index (χ1v) is 6.25. The minimum atomic E-state index is 0. The van der Waals surface area contributed by atoms with Crippen LogP contribution in [0.25, 0.3) is 17.6 Å². The Morgan fingerprint density at radius 1 is 1.19 bits per heavy atom. The molecule has 108 valence electrons. The van der Waals surface area contributed by atoms with Gasteiger partial charge >= 0.3 is 51.4 Å². The fourth-order valence-corrected chi connectivity index (χ4v) is 1.37. The van der Waals surface area contributed by atoms with E-state index >= 15 is 0 Å². The average molecular weight is 311 g/mol. The van der Waals surface area contributed by atoms with E-state index in [0.29, 0.717) is 0 Å². The number of aromatic hydroxyl groups is 1. The molecule has 21 heavy (non-hydrogen) atoms. The van der Waals surface area contributed by atoms with Gasteiger partial charge < -0.3 is 15.4 Å². The van der Waals surface area contributed by atoms with Gasteiger partial charge in [0.1, 0.15) is 5.75 Å². The number of nitrogens with zero attached hydrogens (tertiary/aromatic N) is 1. The maximum atomic E-state index is 9.08. The summed E-state index contributed by atoms with van der Waals surface area (Å²) in [4.78, 5) is 4.83. The Morgan fingerprint density at radius 3 is 2.24 bits per heavy atom. The number of benzene rings is 1. The van der Waals surface area contributed by atoms with Gasteiger partial charge in [0.05, 0.1) is 5.76 Å². The molecule has 4 heteroatoms. The van der Waals surface area contributed by atoms with Crippen LogP contribution in [-0.2, 0) is 4.84 Å². The molecule has 3 nitrogen and oxygen atoms in total. The van der Waals surface area contributed by atoms with Crippen LogP contribution in [0.1, 0.15) is 25.0 Å². The van der Waals surface area contributed by atoms with Crippen LogP contribution in [0.2, 0.25) is 0 Å². The first-order chi connectivity index (χ1) is 9.62. The van der Waals surface area contributed by atoms with Crippen LogP contribution in [0.5, 0.6) is 5.75 Å². The van der Waals surface area contributed by atoms with Gasteiger partial charge in [0.2, 0.25) is 0 Å². The van der Waals surface area contributed by atoms with E-state index in [4.69, 9.17) is 9.94 Å². The zero-order valence-corrected chi connectivity index (χ0v) is 16.5. The minimum absolute atomic E-state index is 0. The molecular weight excluding hydrogens is 289 g/mol. The summed E-state index contributed by atoms with van der Waals surface area (Å²) in [6.07, 6.45) is 9.04. The zero-order valence-electron chi connectivity index (χ0n) is 13.3. The zero-order chi connectivity index (χ0) is 15.4. The van der Waals surface area contributed by atoms with Crippen molar-refractivity contribution in [2.75, 3.05) is 7.05 Å². The number of rotatable bonds is 5. The predicted molar refractivity (Wildman–Crippen MR) is 87.2 cm³/mol. The molecule has 1 aromatic rings. The maximum Gasteiger partial charge on any atom is 1.00 e. The van der Waals surface area contributed by atoms with Crippen LogP contribution in [-0.4, -0.2) is 12.2 Å². The topological polar surface area (TPSA) is 43.6 Å². The van der Waals surface area contributed by atoms with Crippen molar-refractivity contribution in [3.8, 4) is 5.75 Å². The fourth-order valence-electron chi connectivity index (χ4n) is 1.37. The molecule has 0 saturated heterocycles. The molecule has 0 aliphatic carbocycles. The molecule has 0 amide bonds. The summed E-state index contributed by atoms with van der Waals surface area (Å²) in [7, 11) is 1.60. The number of hydrogen-bond donors (Lipinski definition) is 1. The molecule has 0 aromatic heterocycles. The van der Waals surface area contributed by atoms with Gasteiger partial charge in [-0.25, -0.2) is 0 Å². The van der Waals surface area contributed by atoms with Crippen molar-refractivity contribution >= 4 is 12.2 Å². The second kappa shape index (κ2) is 14.3. The first kappa shape index (κ1) is 22.7. The van der Waals surface area contributed by atoms with E-state index in [1.54, 1.807) is 37.4 Å². The molecule has 0 atom stereocenters. The van der Waals surface area contributed by atoms with Crippen LogP contribution in [0.4, 0.5) is 0 Å². The van der Waals surface area contributed by atoms with Crippen molar-refractivity contribution in [2.45, 2.75) is 13.8 Å². The van der Waals surface area contributed by atoms with Crippen molar-refractivity contribution in [1.82, 2.24) is 0 Å². The molecule has 0 bridgehead atoms. The van der Waals surface area contributed by atoms with Gasteiger partial charge in [0, 0.05) is 0 Å². The maximum absolute atomic E-state index is 9.08. The van der Waals surface area contributed by atoms with Crippen molar-refractivity contribution in [3.63, 3.8) is 0 Å². The van der Waals surface area contributed by atoms with Gasteiger partial charge in [-0.2, -0.15) is 0 Å². The van der Waals surface area contributed by atoms with Gasteiger partial charge in [-0.3, -0.25) is 0 Å². The largest absolute Gasteiger partial charge is 1.00 e. The SMILES string of the molecule is C/C=C\C(=C/C)O[N-]C.C=Cc1ccc(O)cc1C=C.[K+]. The van der Waals surface area contributed by atoms with E-state index in [9.17, 15) is 0 Å². The summed E-state index contributed by atoms with van der Waals surface area (Å²) in [5, 5.41) is 9.08. The molecule has 0 aliphatic heterocycles. The number of phenols is 1. The van der Waals surface area contributed by atoms with E-state index in [0.717, 1.165) is 16.9 Å². The van der Waals surface area contributed by atoms with Gasteiger partial charge in [-0.1, -0.05) is 37.5 Å². The molecule has 0 fully saturated rings. The molecule has 1 N–H and O–H groups in total. The molecule has 0 aliphatic rings. The van der Waals surface area contributed by atoms with E-state index in [1.165, 1.54) is 0 Å². The van der Waals surface area contributed by atoms with E-state index in [1.807, 2.05) is 32.1 Å². The standard InChI is InChI=1S/C10H10O.C7H12NO.K/c1-3-8-5-6-10(11)7-9(8)4-2;1-4-6-7(5-2)9-8-3;/h3-7,11H,1-2H2;4-6H,1-3H3;/q;-1;+1/b;6-4-,7-5+;. The number of phenolic OH excluding ortho intramolecular Hbond substituents is 1. The number of hydrogen-bond acceptors (Lipinski definition) is 2. The third-order valence-electron chi connectivity index (χ3n) is 2.32. The van der Waals surface area contributed by atoms with Crippen LogP contribution in [0, 0.1) is 0 Å². The quantitative estimate of drug-likeness (QED) is 0.392. The van der Waals surface area contributed by atoms with Crippen LogP contribution in [0.15, 0.2) is 55.3 Å². The summed E-state index contributed by atoms with van der Waals surface area (Å²) in [6, 6.07) is 5.09. The van der Waals surface area contributed by atoms with E-state index in [-0.39, 0.29) is 57.1 Å². The van der Waals surface area contributed by atoms with Crippen molar-refractivity contribution in [1.29, 1.82) is 0 Å². The van der Waals surface area contributed by atoms with E-state index < -0.39 is 0 Å². The predicted octanol–water partition coefficient (Wildman–Crippen LogP) is 2.08. The third-order valence-corrected chi connectivity index (χ3v) is 2.32. The normalized spacial score (nSPS) is 10.1. The van der Waals surface area contributed by atoms with Gasteiger partial charge in [-0.15, -0.1) is 7.05 Å². The van der Waals surface area contributed by atoms with Crippen LogP contribution in [0.3, 0.4) is 0 Å². The Bertz CT molecular complexity index is 494. The van der Waals surface area contributed by atoms with Gasteiger partial charge in [0.25, 0.3) is 0 Å². The second-order valence-corrected chi connectivity index (χ2v) is 3.69. The summed E-state index contributed by atoms with van der Waals surface area (Å²) >= 11 is 0. The third kappa shape index (κ3) is 9.85. The second-order valence-electron chi connectivity index (χ2n) is 3.69. The number of hydroxylamine groups is 1. The van der Waals surface area contributed by atoms with Crippen molar-refractivity contribution < 1.29 is 61.3 Å². The van der Waals surface area contributed by atoms with Gasteiger partial charge in [0.15, 0.2) is 0 Å². The summed E-state index contributed by atoms with van der Waals surface area (Å²) in [6.45, 7) is 11.1. The summed E-state index contributed by atoms with van der Waals surface area (Å²) in [5.41, 5.74) is 5.39. The monoisotopic (exact) mass is 311 g/mol. The Balaban J connectivity index is 0. The molecule has 0 unspecified atom stereocenters. The summed E-state index contributed by atoms with van der Waals surface area (Å²) in [5.74, 6) is 1.03. The van der Waals surface area contributed by atoms with Crippen molar-refractivity contribution in [3.05, 3.63) is 72.0 Å². The molecule has 0 radical (unpaired) electrons. The van der Waals surface area contributed by atoms with Gasteiger partial charge in [-0.05, 0) is 49.3 Å². The Hall–Kier alpha value is -0.624. The Labute approximate surface area is 170 Å². The van der Waals surface area contributed by atoms with Crippen molar-refractivity contribution in [2.24, 2.45) is 0 Å². The Morgan fingerprint density at radius 2 is 1.81 bits per heavy atom. The van der Waals surface area contributed by atoms with Crippen LogP contribution >= 0.6 is 0 Å². The minimum Gasteiger partial charge on any atom is -0.588 e. The smallest absolute Gasteiger partial charge is 0.588 e. The summed E-state index contributed by atoms with van der Waals surface area (Å²) < 4.78 is 0. The molecule has 1 rings (SSSR count). The molecule has 0 saturated carbocycles. The molecule has 0 heterocycles. The fraction of sp³-hybridized carbons (Fsp3) is 0.176. The molecule has 0 spiro atoms. The molecular formula is C17H22KNO2. The average Bonchev–Trinajstić information content (AvgIpc) is 2.47. The van der Waals surface area contributed by atoms with Crippen LogP contribution < -0.4 is 51.4 Å². The number of allylic oxidation sites excluding steroid dienone is 3. The Kier molecular flexibility index (Phi) is 15.4. The van der Waals surface area contributed by atoms with E-state index in [2.05, 4.69) is 18.6 Å². The first-order valence-electron chi connectivity index (χ1n) is 6.25. The molecule has 1 aromatic carbocycles.